The van der Waals surface area contributed by atoms with Gasteiger partial charge in [0.25, 0.3) is 0 Å². The average molecular weight is 565 g/mol. The van der Waals surface area contributed by atoms with Gasteiger partial charge >= 0.3 is 12.0 Å². The van der Waals surface area contributed by atoms with Crippen molar-refractivity contribution >= 4 is 12.0 Å². The molecule has 0 atom stereocenters. The molecule has 3 aliphatic carbocycles. The molecular formula is C32H44N4O5. The molecule has 41 heavy (non-hydrogen) atoms. The molecule has 6 rings (SSSR count). The van der Waals surface area contributed by atoms with Crippen LogP contribution in [0.4, 0.5) is 4.79 Å². The van der Waals surface area contributed by atoms with Crippen molar-refractivity contribution in [3.8, 4) is 0 Å². The first kappa shape index (κ1) is 28.2. The van der Waals surface area contributed by atoms with Crippen molar-refractivity contribution in [2.75, 3.05) is 40.3 Å². The zero-order chi connectivity index (χ0) is 29.0. The van der Waals surface area contributed by atoms with Crippen LogP contribution >= 0.6 is 0 Å². The van der Waals surface area contributed by atoms with E-state index in [1.54, 1.807) is 17.1 Å². The van der Waals surface area contributed by atoms with Crippen molar-refractivity contribution in [1.82, 2.24) is 19.6 Å². The molecule has 0 bridgehead atoms. The molecule has 3 saturated carbocycles. The maximum Gasteiger partial charge on any atom is 0.352 e. The molecule has 3 N–H and O–H groups in total. The van der Waals surface area contributed by atoms with Crippen LogP contribution in [-0.2, 0) is 10.3 Å². The second-order valence-corrected chi connectivity index (χ2v) is 13.5. The van der Waals surface area contributed by atoms with Crippen molar-refractivity contribution in [3.63, 3.8) is 0 Å². The van der Waals surface area contributed by atoms with Crippen LogP contribution < -0.4 is 0 Å². The number of allylic oxidation sites excluding steroid dienone is 2. The van der Waals surface area contributed by atoms with Gasteiger partial charge in [-0.05, 0) is 96.0 Å². The highest BCUT2D eigenvalue weighted by molar-refractivity contribution is 5.87. The van der Waals surface area contributed by atoms with Gasteiger partial charge in [0.15, 0.2) is 0 Å². The summed E-state index contributed by atoms with van der Waals surface area (Å²) in [6.45, 7) is 1.34. The summed E-state index contributed by atoms with van der Waals surface area (Å²) in [5.41, 5.74) is -0.0824. The normalized spacial score (nSPS) is 30.7. The zero-order valence-corrected chi connectivity index (χ0v) is 24.4. The van der Waals surface area contributed by atoms with Gasteiger partial charge in [0.2, 0.25) is 0 Å². The van der Waals surface area contributed by atoms with Gasteiger partial charge in [0.05, 0.1) is 36.4 Å². The number of carbonyl (C=O) groups is 2. The number of aliphatic hydroxyl groups is 2. The smallest absolute Gasteiger partial charge is 0.352 e. The fourth-order valence-electron chi connectivity index (χ4n) is 7.83. The van der Waals surface area contributed by atoms with E-state index in [0.717, 1.165) is 44.2 Å². The number of aliphatic carboxylic acids is 1. The fourth-order valence-corrected chi connectivity index (χ4v) is 7.83. The zero-order valence-electron chi connectivity index (χ0n) is 24.4. The van der Waals surface area contributed by atoms with Gasteiger partial charge in [0.1, 0.15) is 5.70 Å². The molecule has 1 spiro atoms. The molecule has 9 heteroatoms. The Balaban J connectivity index is 1.29. The van der Waals surface area contributed by atoms with Crippen LogP contribution in [0.25, 0.3) is 0 Å². The standard InChI is InChI=1S/C32H44N4O5/c1-33(2)32(24-8-4-3-5-9-24)18-16-29(17-19-32)21-35(28(39)36(29)23-31(41)14-7-15-31)25-10-11-26(27(37)38)34(20-25)22-30(40)12-6-13-30/h3-5,8-11,40-41H,6-7,12-23H2,1-2H3,(H,37,38)/t29-,32-. The molecule has 4 fully saturated rings. The molecule has 1 aromatic carbocycles. The molecule has 222 valence electrons. The lowest BCUT2D eigenvalue weighted by Gasteiger charge is -2.52. The monoisotopic (exact) mass is 564 g/mol. The second kappa shape index (κ2) is 10.1. The van der Waals surface area contributed by atoms with E-state index < -0.39 is 22.7 Å². The quantitative estimate of drug-likeness (QED) is 0.444. The Morgan fingerprint density at radius 3 is 2.02 bits per heavy atom. The summed E-state index contributed by atoms with van der Waals surface area (Å²) in [5.74, 6) is -1.03. The lowest BCUT2D eigenvalue weighted by molar-refractivity contribution is -0.135. The molecule has 0 aromatic heterocycles. The Morgan fingerprint density at radius 2 is 1.49 bits per heavy atom. The van der Waals surface area contributed by atoms with Crippen LogP contribution in [0.3, 0.4) is 0 Å². The van der Waals surface area contributed by atoms with Crippen molar-refractivity contribution in [2.24, 2.45) is 0 Å². The van der Waals surface area contributed by atoms with E-state index in [4.69, 9.17) is 0 Å². The third-order valence-corrected chi connectivity index (χ3v) is 10.9. The van der Waals surface area contributed by atoms with Crippen LogP contribution in [-0.4, -0.2) is 104 Å². The molecule has 0 radical (unpaired) electrons. The highest BCUT2D eigenvalue weighted by atomic mass is 16.4. The van der Waals surface area contributed by atoms with Crippen LogP contribution in [0.5, 0.6) is 0 Å². The van der Waals surface area contributed by atoms with E-state index >= 15 is 0 Å². The SMILES string of the molecule is CN(C)[C@]1(c2ccccc2)CC[C@@]2(CC1)CN(C1=CC=C(C(=O)O)N(CC3(O)CCC3)C1)C(=O)N2CC1(O)CCC1. The number of hydrogen-bond donors (Lipinski definition) is 3. The Labute approximate surface area is 242 Å². The van der Waals surface area contributed by atoms with Crippen LogP contribution in [0.1, 0.15) is 69.8 Å². The Kier molecular flexibility index (Phi) is 6.98. The molecule has 9 nitrogen and oxygen atoms in total. The predicted octanol–water partition coefficient (Wildman–Crippen LogP) is 3.49. The van der Waals surface area contributed by atoms with Gasteiger partial charge in [-0.25, -0.2) is 9.59 Å². The predicted molar refractivity (Wildman–Crippen MR) is 155 cm³/mol. The maximum absolute atomic E-state index is 14.2. The van der Waals surface area contributed by atoms with Gasteiger partial charge in [-0.2, -0.15) is 0 Å². The number of rotatable bonds is 8. The summed E-state index contributed by atoms with van der Waals surface area (Å²) in [4.78, 5) is 34.1. The lowest BCUT2D eigenvalue weighted by Crippen LogP contribution is -2.59. The minimum absolute atomic E-state index is 0.108. The molecule has 2 aliphatic heterocycles. The van der Waals surface area contributed by atoms with Gasteiger partial charge in [-0.15, -0.1) is 0 Å². The van der Waals surface area contributed by atoms with Gasteiger partial charge in [-0.3, -0.25) is 9.80 Å². The van der Waals surface area contributed by atoms with E-state index in [1.165, 1.54) is 5.56 Å². The third kappa shape index (κ3) is 4.85. The molecule has 1 saturated heterocycles. The topological polar surface area (TPSA) is 108 Å². The summed E-state index contributed by atoms with van der Waals surface area (Å²) in [6.07, 6.45) is 11.4. The number of carbonyl (C=O) groups excluding carboxylic acids is 1. The molecule has 0 unspecified atom stereocenters. The van der Waals surface area contributed by atoms with Crippen LogP contribution in [0, 0.1) is 0 Å². The first-order valence-electron chi connectivity index (χ1n) is 15.1. The second-order valence-electron chi connectivity index (χ2n) is 13.5. The van der Waals surface area contributed by atoms with E-state index in [0.29, 0.717) is 38.8 Å². The summed E-state index contributed by atoms with van der Waals surface area (Å²) in [5, 5.41) is 31.9. The minimum Gasteiger partial charge on any atom is -0.477 e. The van der Waals surface area contributed by atoms with Crippen molar-refractivity contribution < 1.29 is 24.9 Å². The Bertz CT molecular complexity index is 1240. The van der Waals surface area contributed by atoms with Gasteiger partial charge < -0.3 is 25.1 Å². The van der Waals surface area contributed by atoms with E-state index in [9.17, 15) is 24.9 Å². The van der Waals surface area contributed by atoms with Crippen molar-refractivity contribution in [3.05, 3.63) is 59.4 Å². The van der Waals surface area contributed by atoms with Crippen LogP contribution in [0.2, 0.25) is 0 Å². The largest absolute Gasteiger partial charge is 0.477 e. The van der Waals surface area contributed by atoms with E-state index in [1.807, 2.05) is 15.9 Å². The first-order chi connectivity index (χ1) is 19.5. The van der Waals surface area contributed by atoms with Crippen molar-refractivity contribution in [1.29, 1.82) is 0 Å². The van der Waals surface area contributed by atoms with E-state index in [-0.39, 0.29) is 30.4 Å². The lowest BCUT2D eigenvalue weighted by atomic mass is 9.67. The van der Waals surface area contributed by atoms with Gasteiger partial charge in [-0.1, -0.05) is 30.3 Å². The summed E-state index contributed by atoms with van der Waals surface area (Å²) >= 11 is 0. The number of carboxylic acids is 1. The fraction of sp³-hybridized carbons (Fsp3) is 0.625. The number of nitrogens with zero attached hydrogens (tertiary/aromatic N) is 4. The molecule has 1 aromatic rings. The minimum atomic E-state index is -1.03. The summed E-state index contributed by atoms with van der Waals surface area (Å²) in [6, 6.07) is 10.5. The summed E-state index contributed by atoms with van der Waals surface area (Å²) in [7, 11) is 4.27. The maximum atomic E-state index is 14.2. The number of hydrogen-bond acceptors (Lipinski definition) is 6. The summed E-state index contributed by atoms with van der Waals surface area (Å²) < 4.78 is 0. The number of β-amino-alcohol motifs (C(OH)–C–C–N with tert-alkyl or cyclic N) is 2. The third-order valence-electron chi connectivity index (χ3n) is 10.9. The van der Waals surface area contributed by atoms with Crippen molar-refractivity contribution in [2.45, 2.75) is 86.5 Å². The molecular weight excluding hydrogens is 520 g/mol. The van der Waals surface area contributed by atoms with Gasteiger partial charge in [0, 0.05) is 17.8 Å². The Morgan fingerprint density at radius 1 is 0.878 bits per heavy atom. The number of carboxylic acid groups (broad SMARTS) is 1. The van der Waals surface area contributed by atoms with Crippen LogP contribution in [0.15, 0.2) is 53.9 Å². The first-order valence-corrected chi connectivity index (χ1v) is 15.1. The Hall–Kier alpha value is -2.88. The number of urea groups is 1. The molecule has 2 amide bonds. The average Bonchev–Trinajstić information content (AvgIpc) is 3.18. The highest BCUT2D eigenvalue weighted by Gasteiger charge is 2.57. The highest BCUT2D eigenvalue weighted by Crippen LogP contribution is 2.50. The van der Waals surface area contributed by atoms with E-state index in [2.05, 4.69) is 43.3 Å². The number of amides is 2. The number of benzene rings is 1. The molecule has 2 heterocycles. The molecule has 5 aliphatic rings.